The number of nitrogens with one attached hydrogen (secondary N) is 1. The number of nitrogens with zero attached hydrogens (tertiary/aromatic N) is 4. The molecule has 0 aliphatic carbocycles. The minimum Gasteiger partial charge on any atom is -0.497 e. The zero-order chi connectivity index (χ0) is 25.7. The van der Waals surface area contributed by atoms with Gasteiger partial charge in [0.05, 0.1) is 34.0 Å². The third-order valence-corrected chi connectivity index (χ3v) is 4.27. The fourth-order valence-electron chi connectivity index (χ4n) is 2.68. The Labute approximate surface area is 171 Å². The SMILES string of the molecule is [2H]c1c([2H])c(C(=O)Nc2cc3cc(-c4cnc(C)n4C)ccc3nn2)c([2H])c([2H])c1OC([2H])([2H])[2H]. The fraction of sp³-hybridized carbons (Fsp3) is 0.143. The number of rotatable bonds is 4. The molecule has 2 aromatic heterocycles. The Hall–Kier alpha value is -3.74. The molecule has 4 rings (SSSR count). The molecule has 2 aromatic carbocycles. The van der Waals surface area contributed by atoms with Crippen molar-refractivity contribution in [2.24, 2.45) is 7.05 Å². The number of fused-ring (bicyclic) bond motifs is 1. The number of hydrogen-bond donors (Lipinski definition) is 1. The molecule has 7 heteroatoms. The molecule has 0 saturated carbocycles. The van der Waals surface area contributed by atoms with Crippen LogP contribution in [0.15, 0.2) is 54.6 Å². The van der Waals surface area contributed by atoms with Crippen molar-refractivity contribution in [1.82, 2.24) is 19.7 Å². The molecule has 7 nitrogen and oxygen atoms in total. The number of amides is 1. The summed E-state index contributed by atoms with van der Waals surface area (Å²) in [7, 11) is -1.09. The topological polar surface area (TPSA) is 81.9 Å². The number of ether oxygens (including phenoxy) is 1. The van der Waals surface area contributed by atoms with Gasteiger partial charge >= 0.3 is 0 Å². The Morgan fingerprint density at radius 2 is 2.04 bits per heavy atom. The number of aryl methyl sites for hydroxylation is 1. The second kappa shape index (κ2) is 7.11. The zero-order valence-corrected chi connectivity index (χ0v) is 15.0. The highest BCUT2D eigenvalue weighted by Gasteiger charge is 2.10. The first kappa shape index (κ1) is 11.2. The van der Waals surface area contributed by atoms with E-state index >= 15 is 0 Å². The minimum atomic E-state index is -2.98. The van der Waals surface area contributed by atoms with E-state index in [1.54, 1.807) is 18.3 Å². The van der Waals surface area contributed by atoms with Crippen molar-refractivity contribution in [2.45, 2.75) is 6.92 Å². The van der Waals surface area contributed by atoms with Gasteiger partial charge in [0.1, 0.15) is 11.6 Å². The molecule has 2 heterocycles. The van der Waals surface area contributed by atoms with Crippen LogP contribution in [0, 0.1) is 6.92 Å². The van der Waals surface area contributed by atoms with Gasteiger partial charge in [0, 0.05) is 23.6 Å². The predicted octanol–water partition coefficient (Wildman–Crippen LogP) is 3.60. The summed E-state index contributed by atoms with van der Waals surface area (Å²) in [6.07, 6.45) is 1.75. The van der Waals surface area contributed by atoms with Gasteiger partial charge in [-0.3, -0.25) is 4.79 Å². The van der Waals surface area contributed by atoms with Gasteiger partial charge in [-0.25, -0.2) is 4.98 Å². The van der Waals surface area contributed by atoms with Crippen LogP contribution in [0.3, 0.4) is 0 Å². The predicted molar refractivity (Wildman–Crippen MR) is 107 cm³/mol. The number of anilines is 1. The van der Waals surface area contributed by atoms with Crippen LogP contribution >= 0.6 is 0 Å². The third kappa shape index (κ3) is 3.29. The number of aromatic nitrogens is 4. The Morgan fingerprint density at radius 1 is 1.21 bits per heavy atom. The molecule has 0 unspecified atom stereocenters. The first-order chi connectivity index (χ1) is 16.4. The fourth-order valence-corrected chi connectivity index (χ4v) is 2.68. The Kier molecular flexibility index (Phi) is 2.84. The van der Waals surface area contributed by atoms with Crippen LogP contribution in [0.4, 0.5) is 5.82 Å². The van der Waals surface area contributed by atoms with Crippen molar-refractivity contribution in [1.29, 1.82) is 0 Å². The second-order valence-corrected chi connectivity index (χ2v) is 6.01. The molecule has 1 N–H and O–H groups in total. The molecule has 1 amide bonds. The van der Waals surface area contributed by atoms with Gasteiger partial charge in [0.2, 0.25) is 0 Å². The van der Waals surface area contributed by atoms with Crippen LogP contribution in [0.2, 0.25) is 0 Å². The number of benzene rings is 2. The molecule has 0 aliphatic rings. The van der Waals surface area contributed by atoms with Crippen LogP contribution in [-0.2, 0) is 7.05 Å². The highest BCUT2D eigenvalue weighted by molar-refractivity contribution is 6.04. The van der Waals surface area contributed by atoms with E-state index in [1.807, 2.05) is 30.7 Å². The monoisotopic (exact) mass is 380 g/mol. The van der Waals surface area contributed by atoms with E-state index in [1.165, 1.54) is 0 Å². The summed E-state index contributed by atoms with van der Waals surface area (Å²) >= 11 is 0. The van der Waals surface area contributed by atoms with Crippen LogP contribution in [0.1, 0.15) is 25.8 Å². The van der Waals surface area contributed by atoms with Crippen molar-refractivity contribution >= 4 is 22.6 Å². The third-order valence-electron chi connectivity index (χ3n) is 4.27. The van der Waals surface area contributed by atoms with E-state index in [-0.39, 0.29) is 5.82 Å². The van der Waals surface area contributed by atoms with Gasteiger partial charge in [0.25, 0.3) is 5.91 Å². The normalized spacial score (nSPS) is 14.9. The second-order valence-electron chi connectivity index (χ2n) is 6.01. The van der Waals surface area contributed by atoms with Crippen LogP contribution in [-0.4, -0.2) is 32.7 Å². The van der Waals surface area contributed by atoms with Gasteiger partial charge < -0.3 is 14.6 Å². The number of methoxy groups -OCH3 is 1. The molecule has 0 saturated heterocycles. The van der Waals surface area contributed by atoms with E-state index in [9.17, 15) is 4.79 Å². The Morgan fingerprint density at radius 3 is 2.75 bits per heavy atom. The van der Waals surface area contributed by atoms with Crippen molar-refractivity contribution in [3.8, 4) is 17.0 Å². The van der Waals surface area contributed by atoms with Crippen molar-refractivity contribution < 1.29 is 19.1 Å². The summed E-state index contributed by atoms with van der Waals surface area (Å²) in [6, 6.07) is 4.01. The lowest BCUT2D eigenvalue weighted by Gasteiger charge is -2.08. The standard InChI is InChI=1S/C21H19N5O2/c1-13-22-12-19(26(13)2)15-6-9-18-16(10-15)11-20(25-24-18)23-21(27)14-4-7-17(28-3)8-5-14/h4-12H,1-3H3,(H,23,25,27)/i3D3,4D,5D,7D,8D. The van der Waals surface area contributed by atoms with Crippen LogP contribution in [0.5, 0.6) is 5.75 Å². The maximum atomic E-state index is 12.9. The average molecular weight is 380 g/mol. The lowest BCUT2D eigenvalue weighted by molar-refractivity contribution is 0.102. The molecule has 4 aromatic rings. The van der Waals surface area contributed by atoms with E-state index in [0.29, 0.717) is 10.9 Å². The quantitative estimate of drug-likeness (QED) is 0.585. The molecular weight excluding hydrogens is 354 g/mol. The molecule has 28 heavy (non-hydrogen) atoms. The smallest absolute Gasteiger partial charge is 0.256 e. The maximum absolute atomic E-state index is 12.9. The van der Waals surface area contributed by atoms with Crippen molar-refractivity contribution in [2.75, 3.05) is 12.4 Å². The Balaban J connectivity index is 1.69. The molecule has 0 fully saturated rings. The summed E-state index contributed by atoms with van der Waals surface area (Å²) in [5, 5.41) is 11.1. The minimum absolute atomic E-state index is 0.0283. The van der Waals surface area contributed by atoms with E-state index in [0.717, 1.165) is 17.1 Å². The summed E-state index contributed by atoms with van der Waals surface area (Å²) in [6.45, 7) is 1.89. The van der Waals surface area contributed by atoms with Gasteiger partial charge in [-0.1, -0.05) is 6.07 Å². The first-order valence-corrected chi connectivity index (χ1v) is 8.24. The number of carbonyl (C=O) groups excluding carboxylic acids is 1. The van der Waals surface area contributed by atoms with Crippen LogP contribution < -0.4 is 10.1 Å². The maximum Gasteiger partial charge on any atom is 0.256 e. The van der Waals surface area contributed by atoms with E-state index < -0.39 is 48.4 Å². The van der Waals surface area contributed by atoms with Crippen molar-refractivity contribution in [3.05, 3.63) is 66.0 Å². The van der Waals surface area contributed by atoms with Crippen LogP contribution in [0.25, 0.3) is 22.2 Å². The van der Waals surface area contributed by atoms with E-state index in [2.05, 4.69) is 25.2 Å². The molecule has 140 valence electrons. The first-order valence-electron chi connectivity index (χ1n) is 11.7. The van der Waals surface area contributed by atoms with Gasteiger partial charge in [-0.2, -0.15) is 0 Å². The van der Waals surface area contributed by atoms with Crippen molar-refractivity contribution in [3.63, 3.8) is 0 Å². The largest absolute Gasteiger partial charge is 0.497 e. The molecular formula is C21H19N5O2. The summed E-state index contributed by atoms with van der Waals surface area (Å²) in [5.41, 5.74) is 1.74. The molecule has 0 aliphatic heterocycles. The number of hydrogen-bond acceptors (Lipinski definition) is 5. The van der Waals surface area contributed by atoms with E-state index in [4.69, 9.17) is 9.60 Å². The van der Waals surface area contributed by atoms with Gasteiger partial charge in [-0.05, 0) is 49.3 Å². The Bertz CT molecular complexity index is 1450. The summed E-state index contributed by atoms with van der Waals surface area (Å²) in [5.74, 6) is -0.855. The molecule has 0 bridgehead atoms. The highest BCUT2D eigenvalue weighted by Crippen LogP contribution is 2.25. The highest BCUT2D eigenvalue weighted by atomic mass is 16.5. The molecule has 0 spiro atoms. The summed E-state index contributed by atoms with van der Waals surface area (Å²) < 4.78 is 60.2. The lowest BCUT2D eigenvalue weighted by atomic mass is 10.1. The number of imidazole rings is 1. The molecule has 0 radical (unpaired) electrons. The number of carbonyl (C=O) groups is 1. The summed E-state index contributed by atoms with van der Waals surface area (Å²) in [4.78, 5) is 17.2. The van der Waals surface area contributed by atoms with Gasteiger partial charge in [-0.15, -0.1) is 10.2 Å². The average Bonchev–Trinajstić information content (AvgIpc) is 3.12. The van der Waals surface area contributed by atoms with Gasteiger partial charge in [0.15, 0.2) is 5.82 Å². The zero-order valence-electron chi connectivity index (χ0n) is 22.0. The lowest BCUT2D eigenvalue weighted by Crippen LogP contribution is -2.13. The molecule has 0 atom stereocenters.